The Balaban J connectivity index is 1.82. The molecule has 2 fully saturated rings. The number of carbonyl (C=O) groups is 1. The van der Waals surface area contributed by atoms with Crippen LogP contribution in [0.2, 0.25) is 0 Å². The SMILES string of the molecule is CC1(CNC(=O)C2(C)CCNCC2)COC1. The minimum atomic E-state index is -0.174. The first kappa shape index (κ1) is 11.9. The Kier molecular flexibility index (Phi) is 3.22. The van der Waals surface area contributed by atoms with Gasteiger partial charge >= 0.3 is 0 Å². The average Bonchev–Trinajstić information content (AvgIpc) is 2.24. The predicted molar refractivity (Wildman–Crippen MR) is 62.1 cm³/mol. The lowest BCUT2D eigenvalue weighted by Crippen LogP contribution is -2.52. The molecule has 0 unspecified atom stereocenters. The van der Waals surface area contributed by atoms with Crippen LogP contribution in [0.25, 0.3) is 0 Å². The molecule has 0 aromatic heterocycles. The van der Waals surface area contributed by atoms with Gasteiger partial charge in [-0.3, -0.25) is 4.79 Å². The molecule has 2 heterocycles. The Labute approximate surface area is 97.1 Å². The zero-order valence-electron chi connectivity index (χ0n) is 10.3. The Bertz CT molecular complexity index is 268. The third kappa shape index (κ3) is 2.38. The van der Waals surface area contributed by atoms with Crippen molar-refractivity contribution in [1.82, 2.24) is 10.6 Å². The van der Waals surface area contributed by atoms with Gasteiger partial charge in [0.1, 0.15) is 0 Å². The number of rotatable bonds is 3. The lowest BCUT2D eigenvalue weighted by atomic mass is 9.79. The van der Waals surface area contributed by atoms with Crippen LogP contribution in [0.15, 0.2) is 0 Å². The fraction of sp³-hybridized carbons (Fsp3) is 0.917. The van der Waals surface area contributed by atoms with Crippen LogP contribution in [0.4, 0.5) is 0 Å². The van der Waals surface area contributed by atoms with Gasteiger partial charge in [0.25, 0.3) is 0 Å². The summed E-state index contributed by atoms with van der Waals surface area (Å²) in [6.07, 6.45) is 1.87. The molecular weight excluding hydrogens is 204 g/mol. The van der Waals surface area contributed by atoms with Gasteiger partial charge in [-0.1, -0.05) is 13.8 Å². The number of carbonyl (C=O) groups excluding carboxylic acids is 1. The van der Waals surface area contributed by atoms with Crippen molar-refractivity contribution in [3.8, 4) is 0 Å². The van der Waals surface area contributed by atoms with Gasteiger partial charge in [-0.15, -0.1) is 0 Å². The smallest absolute Gasteiger partial charge is 0.226 e. The van der Waals surface area contributed by atoms with E-state index in [1.54, 1.807) is 0 Å². The van der Waals surface area contributed by atoms with Crippen molar-refractivity contribution in [1.29, 1.82) is 0 Å². The molecule has 2 rings (SSSR count). The summed E-state index contributed by atoms with van der Waals surface area (Å²) in [6, 6.07) is 0. The maximum absolute atomic E-state index is 12.1. The zero-order valence-corrected chi connectivity index (χ0v) is 10.3. The van der Waals surface area contributed by atoms with Crippen LogP contribution in [0.3, 0.4) is 0 Å². The second-order valence-corrected chi connectivity index (χ2v) is 5.80. The topological polar surface area (TPSA) is 50.4 Å². The molecule has 2 aliphatic rings. The molecule has 16 heavy (non-hydrogen) atoms. The molecule has 4 nitrogen and oxygen atoms in total. The molecule has 1 amide bonds. The van der Waals surface area contributed by atoms with E-state index in [4.69, 9.17) is 4.74 Å². The van der Waals surface area contributed by atoms with Crippen LogP contribution in [0, 0.1) is 10.8 Å². The molecule has 0 bridgehead atoms. The van der Waals surface area contributed by atoms with Gasteiger partial charge in [0.15, 0.2) is 0 Å². The van der Waals surface area contributed by atoms with Gasteiger partial charge in [-0.2, -0.15) is 0 Å². The highest BCUT2D eigenvalue weighted by atomic mass is 16.5. The monoisotopic (exact) mass is 226 g/mol. The highest BCUT2D eigenvalue weighted by Crippen LogP contribution is 2.29. The molecule has 2 saturated heterocycles. The second kappa shape index (κ2) is 4.34. The van der Waals surface area contributed by atoms with Crippen molar-refractivity contribution >= 4 is 5.91 Å². The van der Waals surface area contributed by atoms with Gasteiger partial charge in [0, 0.05) is 17.4 Å². The van der Waals surface area contributed by atoms with Crippen LogP contribution in [0.5, 0.6) is 0 Å². The lowest BCUT2D eigenvalue weighted by Gasteiger charge is -2.40. The third-order valence-electron chi connectivity index (χ3n) is 3.83. The van der Waals surface area contributed by atoms with E-state index >= 15 is 0 Å². The van der Waals surface area contributed by atoms with E-state index in [2.05, 4.69) is 24.5 Å². The number of hydrogen-bond donors (Lipinski definition) is 2. The molecule has 0 aliphatic carbocycles. The van der Waals surface area contributed by atoms with Crippen molar-refractivity contribution in [2.75, 3.05) is 32.8 Å². The minimum absolute atomic E-state index is 0.166. The van der Waals surface area contributed by atoms with Crippen LogP contribution in [-0.2, 0) is 9.53 Å². The first-order valence-electron chi connectivity index (χ1n) is 6.11. The number of piperidine rings is 1. The summed E-state index contributed by atoms with van der Waals surface area (Å²) in [5.41, 5.74) is -0.00878. The Morgan fingerprint density at radius 1 is 1.31 bits per heavy atom. The summed E-state index contributed by atoms with van der Waals surface area (Å²) in [4.78, 5) is 12.1. The quantitative estimate of drug-likeness (QED) is 0.738. The summed E-state index contributed by atoms with van der Waals surface area (Å²) < 4.78 is 5.18. The van der Waals surface area contributed by atoms with Crippen molar-refractivity contribution in [3.63, 3.8) is 0 Å². The largest absolute Gasteiger partial charge is 0.380 e. The molecule has 2 N–H and O–H groups in total. The molecule has 0 radical (unpaired) electrons. The van der Waals surface area contributed by atoms with E-state index in [1.165, 1.54) is 0 Å². The predicted octanol–water partition coefficient (Wildman–Crippen LogP) is 0.529. The second-order valence-electron chi connectivity index (χ2n) is 5.80. The molecule has 0 aromatic carbocycles. The van der Waals surface area contributed by atoms with Gasteiger partial charge in [-0.25, -0.2) is 0 Å². The average molecular weight is 226 g/mol. The van der Waals surface area contributed by atoms with E-state index in [0.29, 0.717) is 0 Å². The Morgan fingerprint density at radius 2 is 1.94 bits per heavy atom. The van der Waals surface area contributed by atoms with Crippen molar-refractivity contribution in [2.24, 2.45) is 10.8 Å². The molecule has 2 aliphatic heterocycles. The molecular formula is C12H22N2O2. The first-order chi connectivity index (χ1) is 7.54. The highest BCUT2D eigenvalue weighted by Gasteiger charge is 2.38. The van der Waals surface area contributed by atoms with E-state index in [9.17, 15) is 4.79 Å². The van der Waals surface area contributed by atoms with E-state index in [-0.39, 0.29) is 16.7 Å². The van der Waals surface area contributed by atoms with E-state index in [0.717, 1.165) is 45.7 Å². The summed E-state index contributed by atoms with van der Waals surface area (Å²) >= 11 is 0. The summed E-state index contributed by atoms with van der Waals surface area (Å²) in [5.74, 6) is 0.210. The van der Waals surface area contributed by atoms with Gasteiger partial charge in [-0.05, 0) is 25.9 Å². The molecule has 0 atom stereocenters. The Morgan fingerprint density at radius 3 is 2.44 bits per heavy atom. The van der Waals surface area contributed by atoms with Crippen molar-refractivity contribution < 1.29 is 9.53 Å². The molecule has 0 spiro atoms. The number of hydrogen-bond acceptors (Lipinski definition) is 3. The van der Waals surface area contributed by atoms with Crippen LogP contribution >= 0.6 is 0 Å². The zero-order chi connectivity index (χ0) is 11.6. The normalized spacial score (nSPS) is 26.9. The lowest BCUT2D eigenvalue weighted by molar-refractivity contribution is -0.136. The van der Waals surface area contributed by atoms with Crippen molar-refractivity contribution in [2.45, 2.75) is 26.7 Å². The summed E-state index contributed by atoms with van der Waals surface area (Å²) in [7, 11) is 0. The van der Waals surface area contributed by atoms with Gasteiger partial charge < -0.3 is 15.4 Å². The maximum Gasteiger partial charge on any atom is 0.226 e. The van der Waals surface area contributed by atoms with Gasteiger partial charge in [0.2, 0.25) is 5.91 Å². The third-order valence-corrected chi connectivity index (χ3v) is 3.83. The van der Waals surface area contributed by atoms with Crippen LogP contribution in [-0.4, -0.2) is 38.8 Å². The number of amides is 1. The summed E-state index contributed by atoms with van der Waals surface area (Å²) in [6.45, 7) is 8.41. The fourth-order valence-electron chi connectivity index (χ4n) is 2.27. The summed E-state index contributed by atoms with van der Waals surface area (Å²) in [5, 5.41) is 6.38. The molecule has 0 aromatic rings. The van der Waals surface area contributed by atoms with Crippen LogP contribution in [0.1, 0.15) is 26.7 Å². The standard InChI is InChI=1S/C12H22N2O2/c1-11(8-16-9-11)7-14-10(15)12(2)3-5-13-6-4-12/h13H,3-9H2,1-2H3,(H,14,15). The Hall–Kier alpha value is -0.610. The molecule has 92 valence electrons. The van der Waals surface area contributed by atoms with Crippen molar-refractivity contribution in [3.05, 3.63) is 0 Å². The first-order valence-corrected chi connectivity index (χ1v) is 6.11. The highest BCUT2D eigenvalue weighted by molar-refractivity contribution is 5.82. The maximum atomic E-state index is 12.1. The van der Waals surface area contributed by atoms with Crippen LogP contribution < -0.4 is 10.6 Å². The molecule has 4 heteroatoms. The minimum Gasteiger partial charge on any atom is -0.380 e. The van der Waals surface area contributed by atoms with E-state index < -0.39 is 0 Å². The fourth-order valence-corrected chi connectivity index (χ4v) is 2.27. The molecule has 0 saturated carbocycles. The van der Waals surface area contributed by atoms with E-state index in [1.807, 2.05) is 0 Å². The number of ether oxygens (including phenoxy) is 1. The number of nitrogens with one attached hydrogen (secondary N) is 2. The van der Waals surface area contributed by atoms with Gasteiger partial charge in [0.05, 0.1) is 13.2 Å².